The third-order valence-electron chi connectivity index (χ3n) is 5.12. The van der Waals surface area contributed by atoms with Gasteiger partial charge in [0.05, 0.1) is 5.60 Å². The van der Waals surface area contributed by atoms with Crippen LogP contribution in [0.1, 0.15) is 50.1 Å². The van der Waals surface area contributed by atoms with Crippen LogP contribution in [0.2, 0.25) is 0 Å². The summed E-state index contributed by atoms with van der Waals surface area (Å²) in [7, 11) is 2.10. The highest BCUT2D eigenvalue weighted by Gasteiger charge is 2.42. The van der Waals surface area contributed by atoms with Crippen LogP contribution in [0.25, 0.3) is 0 Å². The molecule has 1 aliphatic heterocycles. The Kier molecular flexibility index (Phi) is 5.29. The first-order chi connectivity index (χ1) is 10.1. The van der Waals surface area contributed by atoms with Crippen LogP contribution in [0, 0.1) is 9.49 Å². The zero-order valence-electron chi connectivity index (χ0n) is 12.5. The summed E-state index contributed by atoms with van der Waals surface area (Å²) in [6, 6.07) is 7.03. The van der Waals surface area contributed by atoms with E-state index in [1.807, 2.05) is 0 Å². The highest BCUT2D eigenvalue weighted by molar-refractivity contribution is 14.1. The Morgan fingerprint density at radius 3 is 2.86 bits per heavy atom. The van der Waals surface area contributed by atoms with Crippen molar-refractivity contribution in [3.8, 4) is 0 Å². The second kappa shape index (κ2) is 6.85. The van der Waals surface area contributed by atoms with Crippen molar-refractivity contribution >= 4 is 38.5 Å². The van der Waals surface area contributed by atoms with E-state index < -0.39 is 0 Å². The van der Waals surface area contributed by atoms with Crippen molar-refractivity contribution in [1.82, 2.24) is 5.32 Å². The molecule has 1 heterocycles. The van der Waals surface area contributed by atoms with Crippen molar-refractivity contribution in [2.75, 3.05) is 13.7 Å². The van der Waals surface area contributed by atoms with E-state index in [4.69, 9.17) is 4.74 Å². The maximum absolute atomic E-state index is 6.20. The van der Waals surface area contributed by atoms with Gasteiger partial charge in [-0.05, 0) is 85.0 Å². The summed E-state index contributed by atoms with van der Waals surface area (Å²) < 4.78 is 8.72. The lowest BCUT2D eigenvalue weighted by Gasteiger charge is -2.41. The highest BCUT2D eigenvalue weighted by atomic mass is 127. The lowest BCUT2D eigenvalue weighted by molar-refractivity contribution is -0.0979. The fourth-order valence-electron chi connectivity index (χ4n) is 4.12. The Labute approximate surface area is 149 Å². The summed E-state index contributed by atoms with van der Waals surface area (Å²) in [5.41, 5.74) is 1.61. The molecule has 1 N–H and O–H groups in total. The first kappa shape index (κ1) is 16.2. The molecule has 1 aromatic carbocycles. The van der Waals surface area contributed by atoms with Gasteiger partial charge in [-0.25, -0.2) is 0 Å². The Bertz CT molecular complexity index is 502. The van der Waals surface area contributed by atoms with Gasteiger partial charge in [-0.15, -0.1) is 0 Å². The van der Waals surface area contributed by atoms with Crippen molar-refractivity contribution in [3.05, 3.63) is 31.8 Å². The highest BCUT2D eigenvalue weighted by Crippen LogP contribution is 2.45. The number of ether oxygens (including phenoxy) is 1. The van der Waals surface area contributed by atoms with Gasteiger partial charge in [-0.3, -0.25) is 0 Å². The van der Waals surface area contributed by atoms with Crippen molar-refractivity contribution in [3.63, 3.8) is 0 Å². The van der Waals surface area contributed by atoms with Crippen LogP contribution in [0.5, 0.6) is 0 Å². The van der Waals surface area contributed by atoms with Crippen LogP contribution in [0.4, 0.5) is 0 Å². The minimum absolute atomic E-state index is 0.190. The second-order valence-corrected chi connectivity index (χ2v) is 8.50. The van der Waals surface area contributed by atoms with Gasteiger partial charge in [0.25, 0.3) is 0 Å². The first-order valence-corrected chi connectivity index (χ1v) is 9.77. The van der Waals surface area contributed by atoms with E-state index in [2.05, 4.69) is 69.1 Å². The van der Waals surface area contributed by atoms with Crippen molar-refractivity contribution in [2.45, 2.75) is 50.2 Å². The monoisotopic (exact) mass is 463 g/mol. The summed E-state index contributed by atoms with van der Waals surface area (Å²) in [6.07, 6.45) is 7.57. The molecule has 2 fully saturated rings. The molecule has 2 nitrogen and oxygen atoms in total. The van der Waals surface area contributed by atoms with Crippen LogP contribution >= 0.6 is 38.5 Å². The average molecular weight is 464 g/mol. The van der Waals surface area contributed by atoms with Gasteiger partial charge in [0.1, 0.15) is 0 Å². The number of nitrogens with one attached hydrogen (secondary N) is 1. The van der Waals surface area contributed by atoms with Crippen LogP contribution < -0.4 is 5.32 Å². The molecule has 1 saturated carbocycles. The Balaban J connectivity index is 1.84. The number of rotatable bonds is 3. The minimum Gasteiger partial charge on any atom is -0.375 e. The standard InChI is InChI=1S/C17H23BrINO/c1-20-16(14-10-13(18)4-5-15(14)19)12-6-9-21-17(11-12)7-2-3-8-17/h4-5,10,12,16,20H,2-3,6-9,11H2,1H3. The zero-order valence-corrected chi connectivity index (χ0v) is 16.2. The molecular formula is C17H23BrINO. The number of halogens is 2. The van der Waals surface area contributed by atoms with E-state index in [1.54, 1.807) is 0 Å². The molecule has 1 spiro atoms. The van der Waals surface area contributed by atoms with E-state index in [0.29, 0.717) is 12.0 Å². The first-order valence-electron chi connectivity index (χ1n) is 7.90. The number of benzene rings is 1. The van der Waals surface area contributed by atoms with Crippen molar-refractivity contribution in [2.24, 2.45) is 5.92 Å². The predicted octanol–water partition coefficient (Wildman–Crippen LogP) is 5.05. The van der Waals surface area contributed by atoms with Crippen LogP contribution in [-0.2, 0) is 4.74 Å². The molecule has 2 unspecified atom stereocenters. The lowest BCUT2D eigenvalue weighted by atomic mass is 9.78. The molecule has 0 aromatic heterocycles. The van der Waals surface area contributed by atoms with Gasteiger partial charge >= 0.3 is 0 Å². The van der Waals surface area contributed by atoms with Crippen LogP contribution in [-0.4, -0.2) is 19.3 Å². The molecular weight excluding hydrogens is 441 g/mol. The van der Waals surface area contributed by atoms with Gasteiger partial charge in [0, 0.05) is 20.7 Å². The molecule has 4 heteroatoms. The summed E-state index contributed by atoms with van der Waals surface area (Å²) in [5.74, 6) is 0.671. The Hall–Kier alpha value is 0.350. The molecule has 21 heavy (non-hydrogen) atoms. The zero-order chi connectivity index (χ0) is 14.9. The lowest BCUT2D eigenvalue weighted by Crippen LogP contribution is -2.41. The molecule has 3 rings (SSSR count). The van der Waals surface area contributed by atoms with Gasteiger partial charge in [-0.1, -0.05) is 28.8 Å². The molecule has 0 radical (unpaired) electrons. The van der Waals surface area contributed by atoms with E-state index in [9.17, 15) is 0 Å². The molecule has 116 valence electrons. The number of hydrogen-bond acceptors (Lipinski definition) is 2. The minimum atomic E-state index is 0.190. The van der Waals surface area contributed by atoms with Crippen molar-refractivity contribution in [1.29, 1.82) is 0 Å². The summed E-state index contributed by atoms with van der Waals surface area (Å²) in [6.45, 7) is 0.924. The second-order valence-electron chi connectivity index (χ2n) is 6.42. The van der Waals surface area contributed by atoms with E-state index in [1.165, 1.54) is 45.7 Å². The van der Waals surface area contributed by atoms with Crippen LogP contribution in [0.3, 0.4) is 0 Å². The van der Waals surface area contributed by atoms with E-state index in [0.717, 1.165) is 13.0 Å². The van der Waals surface area contributed by atoms with E-state index in [-0.39, 0.29) is 5.60 Å². The molecule has 0 amide bonds. The van der Waals surface area contributed by atoms with Gasteiger partial charge < -0.3 is 10.1 Å². The topological polar surface area (TPSA) is 21.3 Å². The maximum atomic E-state index is 6.20. The molecule has 2 aliphatic rings. The smallest absolute Gasteiger partial charge is 0.0686 e. The Morgan fingerprint density at radius 1 is 1.38 bits per heavy atom. The molecule has 1 saturated heterocycles. The van der Waals surface area contributed by atoms with Gasteiger partial charge in [0.15, 0.2) is 0 Å². The SMILES string of the molecule is CNC(c1cc(Br)ccc1I)C1CCOC2(CCCC2)C1. The Morgan fingerprint density at radius 2 is 2.14 bits per heavy atom. The molecule has 1 aromatic rings. The third-order valence-corrected chi connectivity index (χ3v) is 6.60. The molecule has 0 bridgehead atoms. The molecule has 2 atom stereocenters. The van der Waals surface area contributed by atoms with Crippen molar-refractivity contribution < 1.29 is 4.74 Å². The number of hydrogen-bond donors (Lipinski definition) is 1. The fraction of sp³-hybridized carbons (Fsp3) is 0.647. The molecule has 1 aliphatic carbocycles. The summed E-state index contributed by atoms with van der Waals surface area (Å²) in [5, 5.41) is 3.58. The van der Waals surface area contributed by atoms with E-state index >= 15 is 0 Å². The van der Waals surface area contributed by atoms with Gasteiger partial charge in [0.2, 0.25) is 0 Å². The summed E-state index contributed by atoms with van der Waals surface area (Å²) in [4.78, 5) is 0. The quantitative estimate of drug-likeness (QED) is 0.633. The normalized spacial score (nSPS) is 26.1. The maximum Gasteiger partial charge on any atom is 0.0686 e. The largest absolute Gasteiger partial charge is 0.375 e. The fourth-order valence-corrected chi connectivity index (χ4v) is 5.17. The summed E-state index contributed by atoms with van der Waals surface area (Å²) >= 11 is 6.08. The third kappa shape index (κ3) is 3.48. The van der Waals surface area contributed by atoms with Crippen LogP contribution in [0.15, 0.2) is 22.7 Å². The predicted molar refractivity (Wildman–Crippen MR) is 98.5 cm³/mol. The van der Waals surface area contributed by atoms with Gasteiger partial charge in [-0.2, -0.15) is 0 Å². The average Bonchev–Trinajstić information content (AvgIpc) is 2.91.